The van der Waals surface area contributed by atoms with Gasteiger partial charge in [-0.15, -0.1) is 0 Å². The summed E-state index contributed by atoms with van der Waals surface area (Å²) in [6.45, 7) is 9.57. The Morgan fingerprint density at radius 1 is 1.26 bits per heavy atom. The lowest BCUT2D eigenvalue weighted by atomic mass is 9.92. The largest absolute Gasteiger partial charge is 0.481 e. The van der Waals surface area contributed by atoms with Crippen molar-refractivity contribution in [2.24, 2.45) is 0 Å². The van der Waals surface area contributed by atoms with Gasteiger partial charge >= 0.3 is 0 Å². The van der Waals surface area contributed by atoms with Crippen molar-refractivity contribution in [3.63, 3.8) is 0 Å². The molecule has 2 aromatic heterocycles. The van der Waals surface area contributed by atoms with Gasteiger partial charge in [0.2, 0.25) is 11.8 Å². The van der Waals surface area contributed by atoms with E-state index in [1.54, 1.807) is 12.0 Å². The number of likely N-dealkylation sites (N-methyl/N-ethyl adjacent to an activating group) is 2. The molecular weight excluding hydrogens is 554 g/mol. The van der Waals surface area contributed by atoms with Crippen LogP contribution in [0.15, 0.2) is 30.0 Å². The SMILES string of the molecule is C=CC(=O)N1CC(NC)C1.CC1CC(Cl)=Cc2c(C=O)c(C3CC3)n(CC=O)c21.COc1nccc2c1CCN(C)C2. The van der Waals surface area contributed by atoms with E-state index in [9.17, 15) is 14.4 Å². The third kappa shape index (κ3) is 7.02. The number of methoxy groups -OCH3 is 1. The lowest BCUT2D eigenvalue weighted by Crippen LogP contribution is -2.58. The van der Waals surface area contributed by atoms with Gasteiger partial charge < -0.3 is 29.2 Å². The average molecular weight is 596 g/mol. The second-order valence-electron chi connectivity index (χ2n) is 11.3. The number of pyridine rings is 1. The van der Waals surface area contributed by atoms with E-state index in [0.29, 0.717) is 18.5 Å². The minimum Gasteiger partial charge on any atom is -0.481 e. The van der Waals surface area contributed by atoms with Crippen LogP contribution in [0.2, 0.25) is 0 Å². The van der Waals surface area contributed by atoms with Crippen LogP contribution in [0.3, 0.4) is 0 Å². The summed E-state index contributed by atoms with van der Waals surface area (Å²) in [7, 11) is 5.72. The third-order valence-corrected chi connectivity index (χ3v) is 8.56. The standard InChI is InChI=1S/C15H16ClNO2.C10H14N2O.C7H12N2O/c1-9-6-11(16)7-12-13(8-19)15(10-2-3-10)17(4-5-18)14(9)12;1-12-6-4-9-8(7-12)3-5-11-10(9)13-2;1-3-7(10)9-4-6(5-9)8-2/h5,7-10H,2-4,6H2,1H3;3,5H,4,6-7H2,1-2H3;3,6,8H,1,4-5H2,2H3. The van der Waals surface area contributed by atoms with Crippen LogP contribution < -0.4 is 10.1 Å². The van der Waals surface area contributed by atoms with Crippen LogP contribution in [0.4, 0.5) is 0 Å². The van der Waals surface area contributed by atoms with Crippen LogP contribution in [-0.2, 0) is 29.1 Å². The number of nitrogens with zero attached hydrogens (tertiary/aromatic N) is 4. The Bertz CT molecular complexity index is 1340. The Kier molecular flexibility index (Phi) is 10.8. The molecule has 0 spiro atoms. The van der Waals surface area contributed by atoms with Gasteiger partial charge in [-0.2, -0.15) is 0 Å². The van der Waals surface area contributed by atoms with Gasteiger partial charge in [0.25, 0.3) is 0 Å². The number of halogens is 1. The molecule has 2 aromatic rings. The lowest BCUT2D eigenvalue weighted by Gasteiger charge is -2.38. The van der Waals surface area contributed by atoms with E-state index in [2.05, 4.69) is 41.8 Å². The minimum atomic E-state index is 0.0338. The molecule has 1 unspecified atom stereocenters. The van der Waals surface area contributed by atoms with Crippen molar-refractivity contribution in [3.8, 4) is 5.88 Å². The molecule has 1 N–H and O–H groups in total. The van der Waals surface area contributed by atoms with E-state index in [1.807, 2.05) is 23.9 Å². The fourth-order valence-electron chi connectivity index (χ4n) is 5.92. The quantitative estimate of drug-likeness (QED) is 0.379. The van der Waals surface area contributed by atoms with E-state index in [0.717, 1.165) is 97.9 Å². The van der Waals surface area contributed by atoms with E-state index in [4.69, 9.17) is 16.3 Å². The van der Waals surface area contributed by atoms with Gasteiger partial charge in [-0.1, -0.05) is 25.1 Å². The summed E-state index contributed by atoms with van der Waals surface area (Å²) in [5, 5.41) is 3.87. The zero-order valence-electron chi connectivity index (χ0n) is 25.1. The predicted molar refractivity (Wildman–Crippen MR) is 165 cm³/mol. The number of amides is 1. The number of aldehydes is 2. The molecule has 0 radical (unpaired) electrons. The normalized spacial score (nSPS) is 19.4. The Hall–Kier alpha value is -3.27. The highest BCUT2D eigenvalue weighted by molar-refractivity contribution is 6.32. The molecule has 6 rings (SSSR count). The fourth-order valence-corrected chi connectivity index (χ4v) is 6.26. The molecular formula is C32H42ClN5O4. The molecule has 226 valence electrons. The summed E-state index contributed by atoms with van der Waals surface area (Å²) in [5.41, 5.74) is 6.44. The zero-order chi connectivity index (χ0) is 30.4. The number of hydrogen-bond donors (Lipinski definition) is 1. The van der Waals surface area contributed by atoms with Gasteiger partial charge in [0, 0.05) is 77.4 Å². The van der Waals surface area contributed by atoms with E-state index in [-0.39, 0.29) is 11.8 Å². The molecule has 1 atom stereocenters. The van der Waals surface area contributed by atoms with Gasteiger partial charge in [-0.3, -0.25) is 9.59 Å². The van der Waals surface area contributed by atoms with Crippen molar-refractivity contribution in [1.82, 2.24) is 24.7 Å². The van der Waals surface area contributed by atoms with Crippen LogP contribution in [0, 0.1) is 0 Å². The van der Waals surface area contributed by atoms with E-state index >= 15 is 0 Å². The molecule has 2 aliphatic heterocycles. The molecule has 10 heteroatoms. The van der Waals surface area contributed by atoms with Gasteiger partial charge in [0.1, 0.15) is 6.29 Å². The van der Waals surface area contributed by atoms with Crippen LogP contribution >= 0.6 is 11.6 Å². The van der Waals surface area contributed by atoms with Crippen molar-refractivity contribution < 1.29 is 19.1 Å². The maximum Gasteiger partial charge on any atom is 0.246 e. The van der Waals surface area contributed by atoms with Gasteiger partial charge in [0.05, 0.1) is 13.7 Å². The van der Waals surface area contributed by atoms with Crippen LogP contribution in [0.5, 0.6) is 5.88 Å². The number of ether oxygens (including phenoxy) is 1. The van der Waals surface area contributed by atoms with Crippen LogP contribution in [-0.4, -0.2) is 84.7 Å². The molecule has 9 nitrogen and oxygen atoms in total. The molecule has 1 saturated heterocycles. The number of nitrogens with one attached hydrogen (secondary N) is 1. The van der Waals surface area contributed by atoms with Crippen molar-refractivity contribution in [3.05, 3.63) is 63.6 Å². The van der Waals surface area contributed by atoms with Crippen LogP contribution in [0.1, 0.15) is 76.5 Å². The topological polar surface area (TPSA) is 96.8 Å². The Balaban J connectivity index is 0.000000154. The number of fused-ring (bicyclic) bond motifs is 2. The highest BCUT2D eigenvalue weighted by atomic mass is 35.5. The summed E-state index contributed by atoms with van der Waals surface area (Å²) >= 11 is 6.17. The number of carbonyl (C=O) groups excluding carboxylic acids is 3. The first-order valence-corrected chi connectivity index (χ1v) is 14.9. The second-order valence-corrected chi connectivity index (χ2v) is 11.8. The van der Waals surface area contributed by atoms with Crippen LogP contribution in [0.25, 0.3) is 6.08 Å². The van der Waals surface area contributed by atoms with Gasteiger partial charge in [-0.05, 0) is 69.5 Å². The smallest absolute Gasteiger partial charge is 0.246 e. The molecule has 2 fully saturated rings. The molecule has 42 heavy (non-hydrogen) atoms. The summed E-state index contributed by atoms with van der Waals surface area (Å²) in [6, 6.07) is 2.57. The molecule has 4 aliphatic rings. The van der Waals surface area contributed by atoms with Crippen molar-refractivity contribution in [2.75, 3.05) is 40.8 Å². The molecule has 2 aliphatic carbocycles. The first-order valence-electron chi connectivity index (χ1n) is 14.5. The molecule has 1 saturated carbocycles. The summed E-state index contributed by atoms with van der Waals surface area (Å²) < 4.78 is 7.27. The fraction of sp³-hybridized carbons (Fsp3) is 0.500. The number of aromatic nitrogens is 2. The first kappa shape index (κ1) is 31.7. The molecule has 0 bridgehead atoms. The van der Waals surface area contributed by atoms with Gasteiger partial charge in [0.15, 0.2) is 6.29 Å². The van der Waals surface area contributed by atoms with Crippen molar-refractivity contribution in [1.29, 1.82) is 0 Å². The number of hydrogen-bond acceptors (Lipinski definition) is 7. The van der Waals surface area contributed by atoms with Gasteiger partial charge in [-0.25, -0.2) is 4.98 Å². The highest BCUT2D eigenvalue weighted by Crippen LogP contribution is 2.47. The summed E-state index contributed by atoms with van der Waals surface area (Å²) in [4.78, 5) is 41.6. The number of allylic oxidation sites excluding steroid dienone is 1. The van der Waals surface area contributed by atoms with Crippen molar-refractivity contribution >= 4 is 36.2 Å². The minimum absolute atomic E-state index is 0.0338. The third-order valence-electron chi connectivity index (χ3n) is 8.30. The maximum absolute atomic E-state index is 11.5. The zero-order valence-corrected chi connectivity index (χ0v) is 25.8. The van der Waals surface area contributed by atoms with E-state index < -0.39 is 0 Å². The van der Waals surface area contributed by atoms with Crippen molar-refractivity contribution in [2.45, 2.75) is 63.6 Å². The predicted octanol–water partition coefficient (Wildman–Crippen LogP) is 4.14. The summed E-state index contributed by atoms with van der Waals surface area (Å²) in [6.07, 6.45) is 10.9. The highest BCUT2D eigenvalue weighted by Gasteiger charge is 2.35. The number of carbonyl (C=O) groups is 3. The maximum atomic E-state index is 11.5. The molecule has 1 amide bonds. The molecule has 4 heterocycles. The summed E-state index contributed by atoms with van der Waals surface area (Å²) in [5.74, 6) is 1.51. The average Bonchev–Trinajstić information content (AvgIpc) is 3.75. The second kappa shape index (κ2) is 14.3. The Morgan fingerprint density at radius 2 is 2.00 bits per heavy atom. The number of likely N-dealkylation sites (tertiary alicyclic amines) is 1. The number of rotatable bonds is 7. The first-order chi connectivity index (χ1) is 20.3. The molecule has 0 aromatic carbocycles. The Labute approximate surface area is 253 Å². The Morgan fingerprint density at radius 3 is 2.60 bits per heavy atom. The monoisotopic (exact) mass is 595 g/mol. The van der Waals surface area contributed by atoms with E-state index in [1.165, 1.54) is 17.2 Å². The lowest BCUT2D eigenvalue weighted by molar-refractivity contribution is -0.130.